The van der Waals surface area contributed by atoms with Gasteiger partial charge in [0.25, 0.3) is 0 Å². The summed E-state index contributed by atoms with van der Waals surface area (Å²) in [6, 6.07) is 5.41. The first kappa shape index (κ1) is 12.0. The van der Waals surface area contributed by atoms with Crippen molar-refractivity contribution >= 4 is 10.9 Å². The van der Waals surface area contributed by atoms with Crippen LogP contribution in [-0.4, -0.2) is 30.2 Å². The van der Waals surface area contributed by atoms with Crippen molar-refractivity contribution in [1.29, 1.82) is 0 Å². The molecule has 1 unspecified atom stereocenters. The van der Waals surface area contributed by atoms with Crippen LogP contribution in [0.25, 0.3) is 10.9 Å². The lowest BCUT2D eigenvalue weighted by Gasteiger charge is -2.26. The summed E-state index contributed by atoms with van der Waals surface area (Å²) >= 11 is 0. The lowest BCUT2D eigenvalue weighted by molar-refractivity contribution is -0.179. The van der Waals surface area contributed by atoms with Crippen molar-refractivity contribution in [3.05, 3.63) is 36.0 Å². The topological polar surface area (TPSA) is 19.0 Å². The van der Waals surface area contributed by atoms with Gasteiger partial charge >= 0.3 is 6.18 Å². The summed E-state index contributed by atoms with van der Waals surface area (Å²) in [6.45, 7) is 0. The normalized spacial score (nSPS) is 14.5. The van der Waals surface area contributed by atoms with Gasteiger partial charge in [0, 0.05) is 22.7 Å². The molecule has 17 heavy (non-hydrogen) atoms. The number of hydrogen-bond donors (Lipinski definition) is 1. The number of fused-ring (bicyclic) bond motifs is 1. The van der Waals surface area contributed by atoms with Gasteiger partial charge in [-0.2, -0.15) is 13.2 Å². The summed E-state index contributed by atoms with van der Waals surface area (Å²) in [7, 11) is 2.86. The zero-order chi connectivity index (χ0) is 12.6. The summed E-state index contributed by atoms with van der Waals surface area (Å²) < 4.78 is 39.0. The molecule has 2 aromatic rings. The van der Waals surface area contributed by atoms with Gasteiger partial charge < -0.3 is 4.98 Å². The van der Waals surface area contributed by atoms with Gasteiger partial charge in [-0.1, -0.05) is 18.2 Å². The molecule has 0 aliphatic carbocycles. The molecule has 1 atom stereocenters. The Labute approximate surface area is 97.0 Å². The fraction of sp³-hybridized carbons (Fsp3) is 0.333. The molecule has 0 saturated carbocycles. The third-order valence-electron chi connectivity index (χ3n) is 2.74. The first-order valence-corrected chi connectivity index (χ1v) is 5.20. The van der Waals surface area contributed by atoms with Crippen molar-refractivity contribution in [2.75, 3.05) is 14.1 Å². The number of nitrogens with zero attached hydrogens (tertiary/aromatic N) is 1. The molecule has 0 radical (unpaired) electrons. The van der Waals surface area contributed by atoms with Crippen LogP contribution in [0.15, 0.2) is 30.5 Å². The summed E-state index contributed by atoms with van der Waals surface area (Å²) in [6.07, 6.45) is -2.85. The second kappa shape index (κ2) is 4.07. The van der Waals surface area contributed by atoms with E-state index in [-0.39, 0.29) is 5.56 Å². The fourth-order valence-electron chi connectivity index (χ4n) is 2.07. The Morgan fingerprint density at radius 2 is 1.82 bits per heavy atom. The number of aromatic nitrogens is 1. The number of hydrogen-bond acceptors (Lipinski definition) is 1. The first-order valence-electron chi connectivity index (χ1n) is 5.20. The average molecular weight is 242 g/mol. The summed E-state index contributed by atoms with van der Waals surface area (Å²) in [4.78, 5) is 4.05. The van der Waals surface area contributed by atoms with Gasteiger partial charge in [-0.15, -0.1) is 0 Å². The minimum absolute atomic E-state index is 0.262. The van der Waals surface area contributed by atoms with Gasteiger partial charge in [0.2, 0.25) is 0 Å². The number of alkyl halides is 3. The van der Waals surface area contributed by atoms with E-state index < -0.39 is 12.2 Å². The molecule has 0 aliphatic heterocycles. The Kier molecular flexibility index (Phi) is 2.87. The van der Waals surface area contributed by atoms with E-state index in [2.05, 4.69) is 4.98 Å². The molecule has 1 N–H and O–H groups in total. The molecule has 0 spiro atoms. The van der Waals surface area contributed by atoms with E-state index in [1.54, 1.807) is 24.3 Å². The average Bonchev–Trinajstić information content (AvgIpc) is 2.60. The van der Waals surface area contributed by atoms with Crippen LogP contribution >= 0.6 is 0 Å². The quantitative estimate of drug-likeness (QED) is 0.855. The van der Waals surface area contributed by atoms with Gasteiger partial charge in [0.05, 0.1) is 0 Å². The molecule has 5 heteroatoms. The highest BCUT2D eigenvalue weighted by molar-refractivity contribution is 5.83. The Hall–Kier alpha value is -1.49. The molecular formula is C12H13F3N2. The number of rotatable bonds is 2. The largest absolute Gasteiger partial charge is 0.408 e. The minimum Gasteiger partial charge on any atom is -0.361 e. The van der Waals surface area contributed by atoms with Gasteiger partial charge in [-0.05, 0) is 20.2 Å². The second-order valence-corrected chi connectivity index (χ2v) is 4.20. The Morgan fingerprint density at radius 3 is 2.41 bits per heavy atom. The van der Waals surface area contributed by atoms with Crippen molar-refractivity contribution in [2.45, 2.75) is 12.2 Å². The van der Waals surface area contributed by atoms with E-state index in [9.17, 15) is 13.2 Å². The molecule has 2 nitrogen and oxygen atoms in total. The smallest absolute Gasteiger partial charge is 0.361 e. The summed E-state index contributed by atoms with van der Waals surface area (Å²) in [5, 5.41) is 0.614. The Morgan fingerprint density at radius 1 is 1.18 bits per heavy atom. The second-order valence-electron chi connectivity index (χ2n) is 4.20. The van der Waals surface area contributed by atoms with Crippen LogP contribution in [-0.2, 0) is 0 Å². The number of halogens is 3. The van der Waals surface area contributed by atoms with Crippen LogP contribution < -0.4 is 0 Å². The van der Waals surface area contributed by atoms with Crippen LogP contribution in [0.5, 0.6) is 0 Å². The molecule has 2 rings (SSSR count). The molecule has 0 aliphatic rings. The van der Waals surface area contributed by atoms with Gasteiger partial charge in [-0.25, -0.2) is 0 Å². The van der Waals surface area contributed by atoms with E-state index >= 15 is 0 Å². The summed E-state index contributed by atoms with van der Waals surface area (Å²) in [5.74, 6) is 0. The molecule has 1 aromatic carbocycles. The zero-order valence-electron chi connectivity index (χ0n) is 9.55. The van der Waals surface area contributed by atoms with Crippen molar-refractivity contribution in [2.24, 2.45) is 0 Å². The molecule has 0 bridgehead atoms. The van der Waals surface area contributed by atoms with Gasteiger partial charge in [0.1, 0.15) is 6.04 Å². The SMILES string of the molecule is CN(C)C(c1c[nH]c2ccccc12)C(F)(F)F. The van der Waals surface area contributed by atoms with E-state index in [0.717, 1.165) is 5.52 Å². The van der Waals surface area contributed by atoms with E-state index in [0.29, 0.717) is 5.39 Å². The number of H-pyrrole nitrogens is 1. The van der Waals surface area contributed by atoms with E-state index in [1.165, 1.54) is 25.2 Å². The number of nitrogens with one attached hydrogen (secondary N) is 1. The molecule has 92 valence electrons. The predicted molar refractivity (Wildman–Crippen MR) is 60.8 cm³/mol. The van der Waals surface area contributed by atoms with Gasteiger partial charge in [-0.3, -0.25) is 4.90 Å². The Bertz CT molecular complexity index is 514. The lowest BCUT2D eigenvalue weighted by atomic mass is 10.0. The van der Waals surface area contributed by atoms with E-state index in [4.69, 9.17) is 0 Å². The molecule has 0 amide bonds. The molecule has 1 heterocycles. The lowest BCUT2D eigenvalue weighted by Crippen LogP contribution is -2.33. The van der Waals surface area contributed by atoms with Crippen molar-refractivity contribution < 1.29 is 13.2 Å². The van der Waals surface area contributed by atoms with Crippen LogP contribution in [0.4, 0.5) is 13.2 Å². The van der Waals surface area contributed by atoms with Crippen molar-refractivity contribution in [1.82, 2.24) is 9.88 Å². The maximum absolute atomic E-state index is 13.0. The molecule has 1 aromatic heterocycles. The maximum Gasteiger partial charge on any atom is 0.408 e. The summed E-state index contributed by atoms with van der Waals surface area (Å²) in [5.41, 5.74) is 0.983. The first-order chi connectivity index (χ1) is 7.91. The predicted octanol–water partition coefficient (Wildman–Crippen LogP) is 3.33. The third-order valence-corrected chi connectivity index (χ3v) is 2.74. The number of aromatic amines is 1. The van der Waals surface area contributed by atoms with Crippen molar-refractivity contribution in [3.63, 3.8) is 0 Å². The maximum atomic E-state index is 13.0. The fourth-order valence-corrected chi connectivity index (χ4v) is 2.07. The number of para-hydroxylation sites is 1. The Balaban J connectivity index is 2.57. The highest BCUT2D eigenvalue weighted by atomic mass is 19.4. The van der Waals surface area contributed by atoms with Crippen molar-refractivity contribution in [3.8, 4) is 0 Å². The third kappa shape index (κ3) is 2.15. The zero-order valence-corrected chi connectivity index (χ0v) is 9.55. The minimum atomic E-state index is -4.28. The highest BCUT2D eigenvalue weighted by Crippen LogP contribution is 2.39. The van der Waals surface area contributed by atoms with Crippen LogP contribution in [0.3, 0.4) is 0 Å². The van der Waals surface area contributed by atoms with Gasteiger partial charge in [0.15, 0.2) is 0 Å². The standard InChI is InChI=1S/C12H13F3N2/c1-17(2)11(12(13,14)15)9-7-16-10-6-4-3-5-8(9)10/h3-7,11,16H,1-2H3. The highest BCUT2D eigenvalue weighted by Gasteiger charge is 2.43. The van der Waals surface area contributed by atoms with Crippen LogP contribution in [0.1, 0.15) is 11.6 Å². The molecular weight excluding hydrogens is 229 g/mol. The molecule has 0 saturated heterocycles. The number of benzene rings is 1. The van der Waals surface area contributed by atoms with Crippen LogP contribution in [0, 0.1) is 0 Å². The monoisotopic (exact) mass is 242 g/mol. The van der Waals surface area contributed by atoms with Crippen LogP contribution in [0.2, 0.25) is 0 Å². The molecule has 0 fully saturated rings. The van der Waals surface area contributed by atoms with E-state index in [1.807, 2.05) is 0 Å².